The lowest BCUT2D eigenvalue weighted by molar-refractivity contribution is -0.149. The van der Waals surface area contributed by atoms with Crippen molar-refractivity contribution in [2.24, 2.45) is 0 Å². The van der Waals surface area contributed by atoms with Crippen LogP contribution >= 0.6 is 0 Å². The molecule has 42 heavy (non-hydrogen) atoms. The molecule has 0 bridgehead atoms. The Morgan fingerprint density at radius 1 is 0.976 bits per heavy atom. The number of hydrogen-bond acceptors (Lipinski definition) is 8. The van der Waals surface area contributed by atoms with Crippen LogP contribution in [0.25, 0.3) is 0 Å². The van der Waals surface area contributed by atoms with Gasteiger partial charge in [0.2, 0.25) is 0 Å². The summed E-state index contributed by atoms with van der Waals surface area (Å²) in [5, 5.41) is 23.0. The van der Waals surface area contributed by atoms with Crippen molar-refractivity contribution in [1.82, 2.24) is 0 Å². The molecule has 1 aliphatic heterocycles. The van der Waals surface area contributed by atoms with Crippen molar-refractivity contribution in [3.05, 3.63) is 52.6 Å². The van der Waals surface area contributed by atoms with Crippen LogP contribution in [0, 0.1) is 11.6 Å². The molecule has 3 rings (SSSR count). The molecular formula is C31H46F2O8Si. The largest absolute Gasteiger partial charge is 0.493 e. The third-order valence-corrected chi connectivity index (χ3v) is 13.1. The second-order valence-corrected chi connectivity index (χ2v) is 17.6. The zero-order valence-corrected chi connectivity index (χ0v) is 27.3. The van der Waals surface area contributed by atoms with E-state index in [0.29, 0.717) is 5.75 Å². The van der Waals surface area contributed by atoms with Crippen molar-refractivity contribution in [3.63, 3.8) is 0 Å². The SMILES string of the molecule is COCOC(C)(C)[C@H]1Cc2c(ccc([C@H](O)[C@@H](c3cc(OC)c(OC)cc3F)[C@H](O)CO[Si](C)(C)C(C)(C)C)c2F)O1. The standard InChI is InChI=1S/C31H46F2O8Si/c1-30(2,3)42(9,10)40-16-22(34)27(19-13-24(37-7)25(38-8)15-21(19)32)29(35)18-11-12-23-20(28(18)33)14-26(41-23)31(4,5)39-17-36-6/h11-13,15,22,26-27,29,34-35H,14,16-17H2,1-10H3/t22-,26-,27+,29+/m1/s1. The normalized spacial score (nSPS) is 17.8. The van der Waals surface area contributed by atoms with Gasteiger partial charge in [-0.3, -0.25) is 0 Å². The Morgan fingerprint density at radius 2 is 1.60 bits per heavy atom. The maximum atomic E-state index is 16.1. The van der Waals surface area contributed by atoms with Gasteiger partial charge in [0.25, 0.3) is 0 Å². The van der Waals surface area contributed by atoms with Crippen molar-refractivity contribution < 1.29 is 47.1 Å². The highest BCUT2D eigenvalue weighted by molar-refractivity contribution is 6.74. The number of halogens is 2. The lowest BCUT2D eigenvalue weighted by atomic mass is 9.83. The fourth-order valence-electron chi connectivity index (χ4n) is 4.74. The summed E-state index contributed by atoms with van der Waals surface area (Å²) < 4.78 is 65.3. The summed E-state index contributed by atoms with van der Waals surface area (Å²) in [7, 11) is 1.96. The fraction of sp³-hybridized carbons (Fsp3) is 0.613. The minimum atomic E-state index is -2.33. The predicted octanol–water partition coefficient (Wildman–Crippen LogP) is 5.88. The molecule has 8 nitrogen and oxygen atoms in total. The average molecular weight is 613 g/mol. The van der Waals surface area contributed by atoms with E-state index in [4.69, 9.17) is 28.1 Å². The molecule has 0 aliphatic carbocycles. The number of aliphatic hydroxyl groups excluding tert-OH is 2. The Labute approximate surface area is 249 Å². The van der Waals surface area contributed by atoms with Crippen LogP contribution in [0.4, 0.5) is 8.78 Å². The van der Waals surface area contributed by atoms with E-state index in [9.17, 15) is 10.2 Å². The van der Waals surface area contributed by atoms with E-state index in [0.717, 1.165) is 6.07 Å². The number of hydrogen-bond donors (Lipinski definition) is 2. The highest BCUT2D eigenvalue weighted by Crippen LogP contribution is 2.45. The van der Waals surface area contributed by atoms with Crippen LogP contribution in [0.15, 0.2) is 24.3 Å². The lowest BCUT2D eigenvalue weighted by Crippen LogP contribution is -2.44. The minimum Gasteiger partial charge on any atom is -0.493 e. The molecule has 0 saturated heterocycles. The van der Waals surface area contributed by atoms with Gasteiger partial charge in [0.1, 0.15) is 35.9 Å². The minimum absolute atomic E-state index is 0.0447. The molecule has 0 aromatic heterocycles. The topological polar surface area (TPSA) is 95.8 Å². The molecule has 0 saturated carbocycles. The monoisotopic (exact) mass is 612 g/mol. The van der Waals surface area contributed by atoms with Crippen LogP contribution in [-0.2, 0) is 20.3 Å². The molecule has 2 aromatic rings. The molecule has 1 heterocycles. The van der Waals surface area contributed by atoms with Crippen LogP contribution in [0.3, 0.4) is 0 Å². The van der Waals surface area contributed by atoms with Crippen molar-refractivity contribution in [2.45, 2.75) is 89.0 Å². The summed E-state index contributed by atoms with van der Waals surface area (Å²) in [6.07, 6.45) is -3.35. The Morgan fingerprint density at radius 3 is 2.17 bits per heavy atom. The molecule has 0 fully saturated rings. The van der Waals surface area contributed by atoms with Crippen molar-refractivity contribution in [2.75, 3.05) is 34.7 Å². The van der Waals surface area contributed by atoms with Crippen LogP contribution in [-0.4, -0.2) is 71.1 Å². The highest BCUT2D eigenvalue weighted by atomic mass is 28.4. The quantitative estimate of drug-likeness (QED) is 0.214. The third kappa shape index (κ3) is 7.08. The van der Waals surface area contributed by atoms with Gasteiger partial charge in [-0.25, -0.2) is 8.78 Å². The van der Waals surface area contributed by atoms with E-state index in [1.165, 1.54) is 33.5 Å². The molecule has 236 valence electrons. The molecule has 0 radical (unpaired) electrons. The lowest BCUT2D eigenvalue weighted by Gasteiger charge is -2.38. The summed E-state index contributed by atoms with van der Waals surface area (Å²) in [6.45, 7) is 13.7. The molecule has 0 amide bonds. The summed E-state index contributed by atoms with van der Waals surface area (Å²) >= 11 is 0. The van der Waals surface area contributed by atoms with E-state index in [1.54, 1.807) is 6.07 Å². The van der Waals surface area contributed by atoms with Crippen LogP contribution in [0.5, 0.6) is 17.2 Å². The van der Waals surface area contributed by atoms with E-state index in [-0.39, 0.29) is 53.0 Å². The Bertz CT molecular complexity index is 1230. The Hall–Kier alpha value is -2.28. The van der Waals surface area contributed by atoms with Gasteiger partial charge in [0, 0.05) is 42.2 Å². The number of fused-ring (bicyclic) bond motifs is 1. The molecule has 4 atom stereocenters. The van der Waals surface area contributed by atoms with Gasteiger partial charge >= 0.3 is 0 Å². The van der Waals surface area contributed by atoms with Crippen LogP contribution < -0.4 is 14.2 Å². The van der Waals surface area contributed by atoms with Gasteiger partial charge in [-0.05, 0) is 50.2 Å². The summed E-state index contributed by atoms with van der Waals surface area (Å²) in [5.41, 5.74) is -0.680. The first-order valence-electron chi connectivity index (χ1n) is 14.0. The van der Waals surface area contributed by atoms with Gasteiger partial charge in [0.15, 0.2) is 19.8 Å². The zero-order valence-electron chi connectivity index (χ0n) is 26.3. The maximum absolute atomic E-state index is 16.1. The van der Waals surface area contributed by atoms with E-state index >= 15 is 8.78 Å². The molecule has 11 heteroatoms. The molecule has 0 unspecified atom stereocenters. The average Bonchev–Trinajstić information content (AvgIpc) is 3.37. The van der Waals surface area contributed by atoms with Gasteiger partial charge in [-0.2, -0.15) is 0 Å². The number of rotatable bonds is 13. The molecular weight excluding hydrogens is 566 g/mol. The second-order valence-electron chi connectivity index (χ2n) is 12.7. The first-order valence-corrected chi connectivity index (χ1v) is 16.9. The number of methoxy groups -OCH3 is 3. The molecule has 2 N–H and O–H groups in total. The number of aliphatic hydroxyl groups is 2. The third-order valence-electron chi connectivity index (χ3n) is 8.57. The highest BCUT2D eigenvalue weighted by Gasteiger charge is 2.43. The zero-order chi connectivity index (χ0) is 31.6. The van der Waals surface area contributed by atoms with Crippen molar-refractivity contribution >= 4 is 8.32 Å². The first-order chi connectivity index (χ1) is 19.5. The smallest absolute Gasteiger partial charge is 0.192 e. The molecule has 2 aromatic carbocycles. The molecule has 0 spiro atoms. The summed E-state index contributed by atoms with van der Waals surface area (Å²) in [5.74, 6) is -2.06. The van der Waals surface area contributed by atoms with Crippen LogP contribution in [0.2, 0.25) is 18.1 Å². The van der Waals surface area contributed by atoms with E-state index in [2.05, 4.69) is 20.8 Å². The number of ether oxygens (including phenoxy) is 5. The van der Waals surface area contributed by atoms with E-state index < -0.39 is 49.8 Å². The number of benzene rings is 2. The second kappa shape index (κ2) is 13.2. The first kappa shape index (κ1) is 34.2. The molecule has 1 aliphatic rings. The van der Waals surface area contributed by atoms with Crippen molar-refractivity contribution in [1.29, 1.82) is 0 Å². The van der Waals surface area contributed by atoms with Gasteiger partial charge < -0.3 is 38.3 Å². The fourth-order valence-corrected chi connectivity index (χ4v) is 5.76. The van der Waals surface area contributed by atoms with Crippen molar-refractivity contribution in [3.8, 4) is 17.2 Å². The Kier molecular flexibility index (Phi) is 10.7. The van der Waals surface area contributed by atoms with Gasteiger partial charge in [-0.1, -0.05) is 20.8 Å². The van der Waals surface area contributed by atoms with Crippen LogP contribution in [0.1, 0.15) is 63.3 Å². The Balaban J connectivity index is 2.04. The maximum Gasteiger partial charge on any atom is 0.192 e. The van der Waals surface area contributed by atoms with Gasteiger partial charge in [0.05, 0.1) is 33.0 Å². The summed E-state index contributed by atoms with van der Waals surface area (Å²) in [4.78, 5) is 0. The van der Waals surface area contributed by atoms with Gasteiger partial charge in [-0.15, -0.1) is 0 Å². The van der Waals surface area contributed by atoms with E-state index in [1.807, 2.05) is 26.9 Å². The summed E-state index contributed by atoms with van der Waals surface area (Å²) in [6, 6.07) is 5.45. The predicted molar refractivity (Wildman–Crippen MR) is 158 cm³/mol.